The minimum atomic E-state index is -0.874. The van der Waals surface area contributed by atoms with E-state index in [1.54, 1.807) is 11.1 Å². The number of aromatic nitrogens is 1. The van der Waals surface area contributed by atoms with Crippen molar-refractivity contribution in [2.45, 2.75) is 72.6 Å². The number of hydrogen-bond acceptors (Lipinski definition) is 4. The lowest BCUT2D eigenvalue weighted by atomic mass is 9.67. The third kappa shape index (κ3) is 4.22. The molecule has 2 heterocycles. The molecular formula is C20H32N2O4. The maximum atomic E-state index is 11.8. The normalized spacial score (nSPS) is 26.7. The fourth-order valence-corrected chi connectivity index (χ4v) is 3.40. The number of piperidine rings is 1. The van der Waals surface area contributed by atoms with Crippen molar-refractivity contribution in [1.82, 2.24) is 9.88 Å². The summed E-state index contributed by atoms with van der Waals surface area (Å²) in [5, 5.41) is 9.69. The van der Waals surface area contributed by atoms with Gasteiger partial charge >= 0.3 is 6.09 Å². The smallest absolute Gasteiger partial charge is 0.407 e. The number of carboxylic acid groups (broad SMARTS) is 1. The summed E-state index contributed by atoms with van der Waals surface area (Å²) in [6.45, 7) is 14.6. The number of amides is 1. The number of hydrogen-bond donors (Lipinski definition) is 1. The molecule has 1 fully saturated rings. The van der Waals surface area contributed by atoms with Crippen molar-refractivity contribution in [1.29, 1.82) is 0 Å². The number of likely N-dealkylation sites (tertiary alicyclic amines) is 1. The van der Waals surface area contributed by atoms with Crippen molar-refractivity contribution in [3.63, 3.8) is 0 Å². The van der Waals surface area contributed by atoms with Gasteiger partial charge in [-0.3, -0.25) is 0 Å². The first-order chi connectivity index (χ1) is 11.9. The Labute approximate surface area is 156 Å². The second kappa shape index (κ2) is 7.33. The average Bonchev–Trinajstić information content (AvgIpc) is 2.50. The van der Waals surface area contributed by atoms with E-state index in [0.717, 1.165) is 0 Å². The minimum absolute atomic E-state index is 0.0786. The van der Waals surface area contributed by atoms with Gasteiger partial charge in [-0.2, -0.15) is 0 Å². The number of rotatable bonds is 4. The molecule has 3 atom stereocenters. The van der Waals surface area contributed by atoms with Crippen molar-refractivity contribution in [3.05, 3.63) is 18.3 Å². The molecule has 1 N–H and O–H groups in total. The summed E-state index contributed by atoms with van der Waals surface area (Å²) >= 11 is 0. The van der Waals surface area contributed by atoms with Crippen LogP contribution in [0.2, 0.25) is 0 Å². The van der Waals surface area contributed by atoms with E-state index in [2.05, 4.69) is 25.8 Å². The Morgan fingerprint density at radius 2 is 2.04 bits per heavy atom. The summed E-state index contributed by atoms with van der Waals surface area (Å²) in [4.78, 5) is 17.7. The molecule has 0 bridgehead atoms. The van der Waals surface area contributed by atoms with E-state index in [1.165, 1.54) is 0 Å². The van der Waals surface area contributed by atoms with Crippen LogP contribution in [0, 0.1) is 11.3 Å². The van der Waals surface area contributed by atoms with Crippen LogP contribution in [0.25, 0.3) is 0 Å². The lowest BCUT2D eigenvalue weighted by Crippen LogP contribution is -2.64. The molecule has 2 rings (SSSR count). The molecule has 0 saturated carbocycles. The van der Waals surface area contributed by atoms with Gasteiger partial charge < -0.3 is 19.5 Å². The van der Waals surface area contributed by atoms with Crippen LogP contribution in [0.3, 0.4) is 0 Å². The second-order valence-electron chi connectivity index (χ2n) is 8.75. The maximum absolute atomic E-state index is 11.8. The molecule has 0 radical (unpaired) electrons. The lowest BCUT2D eigenvalue weighted by Gasteiger charge is -2.54. The molecule has 1 amide bonds. The lowest BCUT2D eigenvalue weighted by molar-refractivity contribution is -0.0726. The van der Waals surface area contributed by atoms with Gasteiger partial charge in [0.1, 0.15) is 11.9 Å². The molecule has 1 saturated heterocycles. The van der Waals surface area contributed by atoms with Crippen molar-refractivity contribution in [3.8, 4) is 11.6 Å². The molecule has 146 valence electrons. The van der Waals surface area contributed by atoms with Gasteiger partial charge in [-0.1, -0.05) is 27.7 Å². The molecule has 0 aliphatic carbocycles. The van der Waals surface area contributed by atoms with Gasteiger partial charge in [0.05, 0.1) is 17.8 Å². The Bertz CT molecular complexity index is 624. The third-order valence-corrected chi connectivity index (χ3v) is 5.50. The highest BCUT2D eigenvalue weighted by Gasteiger charge is 2.51. The van der Waals surface area contributed by atoms with Crippen molar-refractivity contribution >= 4 is 6.09 Å². The van der Waals surface area contributed by atoms with Crippen LogP contribution in [-0.4, -0.2) is 45.4 Å². The summed E-state index contributed by atoms with van der Waals surface area (Å²) in [5.41, 5.74) is -0.730. The van der Waals surface area contributed by atoms with Crippen LogP contribution in [0.1, 0.15) is 54.9 Å². The molecule has 0 aromatic carbocycles. The molecule has 3 unspecified atom stereocenters. The van der Waals surface area contributed by atoms with Crippen LogP contribution < -0.4 is 9.47 Å². The third-order valence-electron chi connectivity index (χ3n) is 5.50. The second-order valence-corrected chi connectivity index (χ2v) is 8.75. The number of ether oxygens (including phenoxy) is 2. The van der Waals surface area contributed by atoms with Crippen LogP contribution >= 0.6 is 0 Å². The monoisotopic (exact) mass is 364 g/mol. The molecule has 1 aromatic heterocycles. The molecule has 1 aliphatic heterocycles. The zero-order valence-corrected chi connectivity index (χ0v) is 16.9. The topological polar surface area (TPSA) is 71.9 Å². The maximum Gasteiger partial charge on any atom is 0.407 e. The van der Waals surface area contributed by atoms with Crippen molar-refractivity contribution < 1.29 is 19.4 Å². The predicted molar refractivity (Wildman–Crippen MR) is 101 cm³/mol. The Balaban J connectivity index is 2.18. The first kappa shape index (κ1) is 20.3. The Morgan fingerprint density at radius 1 is 1.38 bits per heavy atom. The van der Waals surface area contributed by atoms with Crippen LogP contribution in [-0.2, 0) is 0 Å². The minimum Gasteiger partial charge on any atom is -0.489 e. The molecule has 0 spiro atoms. The summed E-state index contributed by atoms with van der Waals surface area (Å²) in [7, 11) is 0. The van der Waals surface area contributed by atoms with Gasteiger partial charge in [-0.25, -0.2) is 9.78 Å². The summed E-state index contributed by atoms with van der Waals surface area (Å²) < 4.78 is 11.8. The van der Waals surface area contributed by atoms with Crippen LogP contribution in [0.4, 0.5) is 4.79 Å². The van der Waals surface area contributed by atoms with E-state index in [-0.39, 0.29) is 23.5 Å². The predicted octanol–water partition coefficient (Wildman–Crippen LogP) is 4.44. The quantitative estimate of drug-likeness (QED) is 0.855. The van der Waals surface area contributed by atoms with Gasteiger partial charge in [-0.05, 0) is 32.3 Å². The fraction of sp³-hybridized carbons (Fsp3) is 0.700. The molecule has 6 nitrogen and oxygen atoms in total. The number of nitrogens with zero attached hydrogens (tertiary/aromatic N) is 2. The van der Waals surface area contributed by atoms with Crippen molar-refractivity contribution in [2.24, 2.45) is 11.3 Å². The summed E-state index contributed by atoms with van der Waals surface area (Å²) in [5.74, 6) is 1.33. The SMILES string of the molecule is CC(C)Oc1ccc(OC2CC(C)(C(C)(C)C)N(C(=O)O)CC2C)nc1. The summed E-state index contributed by atoms with van der Waals surface area (Å²) in [6, 6.07) is 3.66. The first-order valence-corrected chi connectivity index (χ1v) is 9.24. The Morgan fingerprint density at radius 3 is 2.50 bits per heavy atom. The van der Waals surface area contributed by atoms with Crippen molar-refractivity contribution in [2.75, 3.05) is 6.54 Å². The fourth-order valence-electron chi connectivity index (χ4n) is 3.40. The van der Waals surface area contributed by atoms with E-state index in [1.807, 2.05) is 39.8 Å². The van der Waals surface area contributed by atoms with E-state index >= 15 is 0 Å². The Hall–Kier alpha value is -1.98. The van der Waals surface area contributed by atoms with E-state index in [4.69, 9.17) is 9.47 Å². The molecule has 26 heavy (non-hydrogen) atoms. The van der Waals surface area contributed by atoms with Crippen LogP contribution in [0.15, 0.2) is 18.3 Å². The number of carbonyl (C=O) groups is 1. The Kier molecular flexibility index (Phi) is 5.73. The molecular weight excluding hydrogens is 332 g/mol. The van der Waals surface area contributed by atoms with E-state index < -0.39 is 11.6 Å². The van der Waals surface area contributed by atoms with E-state index in [9.17, 15) is 9.90 Å². The first-order valence-electron chi connectivity index (χ1n) is 9.24. The largest absolute Gasteiger partial charge is 0.489 e. The molecule has 1 aliphatic rings. The molecule has 6 heteroatoms. The standard InChI is InChI=1S/C20H32N2O4/c1-13(2)25-15-8-9-17(21-11-15)26-16-10-20(7,19(4,5)6)22(18(23)24)12-14(16)3/h8-9,11,13-14,16H,10,12H2,1-7H3,(H,23,24). The van der Waals surface area contributed by atoms with E-state index in [0.29, 0.717) is 24.6 Å². The average molecular weight is 364 g/mol. The van der Waals surface area contributed by atoms with Gasteiger partial charge in [0.25, 0.3) is 0 Å². The highest BCUT2D eigenvalue weighted by atomic mass is 16.5. The highest BCUT2D eigenvalue weighted by molar-refractivity contribution is 5.66. The van der Waals surface area contributed by atoms with Gasteiger partial charge in [0, 0.05) is 24.9 Å². The van der Waals surface area contributed by atoms with Gasteiger partial charge in [0.2, 0.25) is 5.88 Å². The highest BCUT2D eigenvalue weighted by Crippen LogP contribution is 2.44. The van der Waals surface area contributed by atoms with Gasteiger partial charge in [-0.15, -0.1) is 0 Å². The zero-order chi connectivity index (χ0) is 19.7. The summed E-state index contributed by atoms with van der Waals surface area (Å²) in [6.07, 6.45) is 1.40. The van der Waals surface area contributed by atoms with Gasteiger partial charge in [0.15, 0.2) is 0 Å². The molecule has 1 aromatic rings. The van der Waals surface area contributed by atoms with Crippen LogP contribution in [0.5, 0.6) is 11.6 Å². The number of pyridine rings is 1. The zero-order valence-electron chi connectivity index (χ0n) is 16.9.